The highest BCUT2D eigenvalue weighted by Crippen LogP contribution is 2.25. The van der Waals surface area contributed by atoms with E-state index in [1.54, 1.807) is 18.3 Å². The zero-order valence-electron chi connectivity index (χ0n) is 23.8. The van der Waals surface area contributed by atoms with Crippen LogP contribution in [0.25, 0.3) is 10.8 Å². The molecule has 0 aliphatic carbocycles. The molecule has 0 fully saturated rings. The van der Waals surface area contributed by atoms with Gasteiger partial charge in [-0.3, -0.25) is 4.79 Å². The maximum atomic E-state index is 14.0. The van der Waals surface area contributed by atoms with E-state index in [1.807, 2.05) is 31.3 Å². The number of hydrogen-bond acceptors (Lipinski definition) is 5. The first kappa shape index (κ1) is 30.1. The maximum absolute atomic E-state index is 14.0. The van der Waals surface area contributed by atoms with Crippen LogP contribution in [0.4, 0.5) is 14.6 Å². The van der Waals surface area contributed by atoms with Gasteiger partial charge < -0.3 is 20.6 Å². The summed E-state index contributed by atoms with van der Waals surface area (Å²) in [4.78, 5) is 20.1. The molecule has 0 spiro atoms. The molecule has 1 aromatic heterocycles. The van der Waals surface area contributed by atoms with Gasteiger partial charge in [0.15, 0.2) is 0 Å². The van der Waals surface area contributed by atoms with Crippen molar-refractivity contribution in [3.8, 4) is 0 Å². The van der Waals surface area contributed by atoms with Gasteiger partial charge in [-0.2, -0.15) is 0 Å². The number of anilines is 1. The number of benzene rings is 3. The summed E-state index contributed by atoms with van der Waals surface area (Å²) in [6.07, 6.45) is 2.66. The summed E-state index contributed by atoms with van der Waals surface area (Å²) in [6.45, 7) is 5.71. The number of fused-ring (bicyclic) bond motifs is 1. The fourth-order valence-electron chi connectivity index (χ4n) is 5.02. The number of rotatable bonds is 13. The van der Waals surface area contributed by atoms with E-state index in [1.165, 1.54) is 17.7 Å². The summed E-state index contributed by atoms with van der Waals surface area (Å²) in [5, 5.41) is 19.1. The Labute approximate surface area is 240 Å². The van der Waals surface area contributed by atoms with Crippen LogP contribution in [-0.4, -0.2) is 48.3 Å². The number of nitrogens with zero attached hydrogens (tertiary/aromatic N) is 2. The average molecular weight is 561 g/mol. The minimum atomic E-state index is -1.02. The number of pyridine rings is 1. The number of aliphatic hydroxyl groups is 1. The van der Waals surface area contributed by atoms with Crippen LogP contribution >= 0.6 is 0 Å². The Kier molecular flexibility index (Phi) is 10.4. The zero-order chi connectivity index (χ0) is 29.4. The van der Waals surface area contributed by atoms with Crippen LogP contribution in [0, 0.1) is 11.6 Å². The summed E-state index contributed by atoms with van der Waals surface area (Å²) in [5.74, 6) is -1.03. The number of carbonyl (C=O) groups is 1. The van der Waals surface area contributed by atoms with E-state index in [2.05, 4.69) is 46.5 Å². The van der Waals surface area contributed by atoms with Crippen molar-refractivity contribution in [1.82, 2.24) is 15.6 Å². The largest absolute Gasteiger partial charge is 0.390 e. The molecule has 0 aliphatic rings. The highest BCUT2D eigenvalue weighted by molar-refractivity contribution is 6.01. The van der Waals surface area contributed by atoms with Crippen molar-refractivity contribution in [3.05, 3.63) is 107 Å². The molecule has 0 bridgehead atoms. The molecule has 8 heteroatoms. The number of aryl methyl sites for hydroxylation is 1. The molecule has 0 radical (unpaired) electrons. The summed E-state index contributed by atoms with van der Waals surface area (Å²) in [6, 6.07) is 17.9. The normalized spacial score (nSPS) is 12.7. The summed E-state index contributed by atoms with van der Waals surface area (Å²) >= 11 is 0. The van der Waals surface area contributed by atoms with E-state index < -0.39 is 29.7 Å². The maximum Gasteiger partial charge on any atom is 0.251 e. The van der Waals surface area contributed by atoms with Crippen molar-refractivity contribution in [1.29, 1.82) is 0 Å². The monoisotopic (exact) mass is 560 g/mol. The molecule has 41 heavy (non-hydrogen) atoms. The number of hydrogen-bond donors (Lipinski definition) is 3. The second-order valence-electron chi connectivity index (χ2n) is 10.4. The predicted molar refractivity (Wildman–Crippen MR) is 160 cm³/mol. The molecule has 0 aliphatic heterocycles. The van der Waals surface area contributed by atoms with Gasteiger partial charge in [0, 0.05) is 49.9 Å². The highest BCUT2D eigenvalue weighted by Gasteiger charge is 2.23. The van der Waals surface area contributed by atoms with Crippen LogP contribution in [-0.2, 0) is 19.4 Å². The van der Waals surface area contributed by atoms with Crippen LogP contribution in [0.2, 0.25) is 0 Å². The van der Waals surface area contributed by atoms with Gasteiger partial charge in [-0.15, -0.1) is 0 Å². The highest BCUT2D eigenvalue weighted by atomic mass is 19.1. The smallest absolute Gasteiger partial charge is 0.251 e. The Morgan fingerprint density at radius 2 is 1.73 bits per heavy atom. The quantitative estimate of drug-likeness (QED) is 0.204. The molecule has 0 saturated heterocycles. The van der Waals surface area contributed by atoms with Crippen LogP contribution in [0.5, 0.6) is 0 Å². The number of aromatic nitrogens is 1. The Balaban J connectivity index is 1.54. The average Bonchev–Trinajstić information content (AvgIpc) is 2.95. The molecule has 2 atom stereocenters. The minimum Gasteiger partial charge on any atom is -0.390 e. The molecule has 6 nitrogen and oxygen atoms in total. The van der Waals surface area contributed by atoms with Crippen LogP contribution in [0.3, 0.4) is 0 Å². The molecule has 4 rings (SSSR count). The molecule has 0 saturated carbocycles. The minimum absolute atomic E-state index is 0.0498. The molecule has 1 amide bonds. The summed E-state index contributed by atoms with van der Waals surface area (Å²) in [7, 11) is 1.97. The molecular weight excluding hydrogens is 522 g/mol. The predicted octanol–water partition coefficient (Wildman–Crippen LogP) is 5.41. The molecule has 1 heterocycles. The van der Waals surface area contributed by atoms with Crippen molar-refractivity contribution >= 4 is 22.5 Å². The second-order valence-corrected chi connectivity index (χ2v) is 10.4. The molecule has 2 unspecified atom stereocenters. The van der Waals surface area contributed by atoms with Gasteiger partial charge in [-0.05, 0) is 71.7 Å². The Hall–Kier alpha value is -3.88. The van der Waals surface area contributed by atoms with E-state index in [0.717, 1.165) is 47.6 Å². The Bertz CT molecular complexity index is 1460. The van der Waals surface area contributed by atoms with Gasteiger partial charge in [-0.25, -0.2) is 13.8 Å². The van der Waals surface area contributed by atoms with Gasteiger partial charge >= 0.3 is 0 Å². The lowest BCUT2D eigenvalue weighted by Crippen LogP contribution is -2.48. The zero-order valence-corrected chi connectivity index (χ0v) is 23.8. The summed E-state index contributed by atoms with van der Waals surface area (Å²) in [5.41, 5.74) is 3.05. The van der Waals surface area contributed by atoms with Gasteiger partial charge in [0.2, 0.25) is 0 Å². The number of carbonyl (C=O) groups excluding carboxylic acids is 1. The van der Waals surface area contributed by atoms with Gasteiger partial charge in [0.25, 0.3) is 5.91 Å². The van der Waals surface area contributed by atoms with Gasteiger partial charge in [0.05, 0.1) is 12.1 Å². The van der Waals surface area contributed by atoms with E-state index in [9.17, 15) is 18.7 Å². The lowest BCUT2D eigenvalue weighted by molar-refractivity contribution is 0.0830. The molecule has 4 aromatic rings. The molecule has 3 N–H and O–H groups in total. The third-order valence-electron chi connectivity index (χ3n) is 7.17. The molecular formula is C33H38F2N4O2. The topological polar surface area (TPSA) is 77.5 Å². The number of amides is 1. The van der Waals surface area contributed by atoms with Crippen molar-refractivity contribution in [2.45, 2.75) is 51.8 Å². The van der Waals surface area contributed by atoms with E-state index in [4.69, 9.17) is 0 Å². The van der Waals surface area contributed by atoms with Crippen LogP contribution in [0.1, 0.15) is 47.3 Å². The van der Waals surface area contributed by atoms with Crippen molar-refractivity contribution in [2.75, 3.05) is 25.0 Å². The Morgan fingerprint density at radius 3 is 2.46 bits per heavy atom. The first-order valence-corrected chi connectivity index (χ1v) is 14.1. The number of halogens is 2. The number of aliphatic hydroxyl groups excluding tert-OH is 1. The van der Waals surface area contributed by atoms with Gasteiger partial charge in [0.1, 0.15) is 17.5 Å². The second kappa shape index (κ2) is 14.1. The standard InChI is InChI=1S/C33H38F2N4O2/c1-4-13-39(3)32-29-18-26(10-9-25(29)11-12-37-32)33(41)38-30(17-24-15-27(34)19-28(35)16-24)31(40)21-36-20-23-8-6-7-22(5-2)14-23/h6-12,14-16,18-19,30-31,36,40H,4-5,13,17,20-21H2,1-3H3,(H,38,41). The third kappa shape index (κ3) is 8.08. The molecule has 216 valence electrons. The SMILES string of the molecule is CCCN(C)c1nccc2ccc(C(=O)NC(Cc3cc(F)cc(F)c3)C(O)CNCc3cccc(CC)c3)cc12. The van der Waals surface area contributed by atoms with E-state index in [0.29, 0.717) is 17.7 Å². The lowest BCUT2D eigenvalue weighted by Gasteiger charge is -2.25. The lowest BCUT2D eigenvalue weighted by atomic mass is 9.99. The van der Waals surface area contributed by atoms with Crippen LogP contribution < -0.4 is 15.5 Å². The van der Waals surface area contributed by atoms with Crippen LogP contribution in [0.15, 0.2) is 72.9 Å². The fraction of sp³-hybridized carbons (Fsp3) is 0.333. The fourth-order valence-corrected chi connectivity index (χ4v) is 5.02. The van der Waals surface area contributed by atoms with Crippen molar-refractivity contribution < 1.29 is 18.7 Å². The Morgan fingerprint density at radius 1 is 0.976 bits per heavy atom. The first-order valence-electron chi connectivity index (χ1n) is 14.1. The van der Waals surface area contributed by atoms with Gasteiger partial charge in [-0.1, -0.05) is 44.2 Å². The van der Waals surface area contributed by atoms with Crippen molar-refractivity contribution in [2.24, 2.45) is 0 Å². The summed E-state index contributed by atoms with van der Waals surface area (Å²) < 4.78 is 27.9. The first-order chi connectivity index (χ1) is 19.8. The molecule has 3 aromatic carbocycles. The van der Waals surface area contributed by atoms with Crippen molar-refractivity contribution in [3.63, 3.8) is 0 Å². The van der Waals surface area contributed by atoms with E-state index >= 15 is 0 Å². The van der Waals surface area contributed by atoms with E-state index in [-0.39, 0.29) is 13.0 Å². The number of nitrogens with one attached hydrogen (secondary N) is 2. The third-order valence-corrected chi connectivity index (χ3v) is 7.17.